The lowest BCUT2D eigenvalue weighted by Crippen LogP contribution is -2.14. The molecule has 1 N–H and O–H groups in total. The van der Waals surface area contributed by atoms with Crippen LogP contribution in [0.4, 0.5) is 5.69 Å². The molecule has 2 heterocycles. The number of hydrogen-bond acceptors (Lipinski definition) is 3. The summed E-state index contributed by atoms with van der Waals surface area (Å²) in [7, 11) is 0. The molecule has 0 spiro atoms. The summed E-state index contributed by atoms with van der Waals surface area (Å²) in [6.45, 7) is 2.07. The highest BCUT2D eigenvalue weighted by atomic mass is 16.3. The van der Waals surface area contributed by atoms with E-state index < -0.39 is 0 Å². The number of nitrogens with zero attached hydrogens (tertiary/aromatic N) is 1. The van der Waals surface area contributed by atoms with Crippen LogP contribution in [0.1, 0.15) is 22.8 Å². The second-order valence-electron chi connectivity index (χ2n) is 6.01. The normalized spacial score (nSPS) is 10.8. The van der Waals surface area contributed by atoms with Gasteiger partial charge in [0.25, 0.3) is 5.91 Å². The van der Waals surface area contributed by atoms with Crippen molar-refractivity contribution in [2.75, 3.05) is 5.32 Å². The van der Waals surface area contributed by atoms with E-state index in [1.165, 1.54) is 0 Å². The Labute approximate surface area is 151 Å². The first-order chi connectivity index (χ1) is 12.8. The number of carbonyl (C=O) groups is 1. The molecule has 4 aromatic rings. The zero-order chi connectivity index (χ0) is 17.9. The molecule has 0 saturated carbocycles. The molecular weight excluding hydrogens is 324 g/mol. The minimum Gasteiger partial charge on any atom is -0.463 e. The molecule has 4 nitrogen and oxygen atoms in total. The highest BCUT2D eigenvalue weighted by Crippen LogP contribution is 2.26. The lowest BCUT2D eigenvalue weighted by molar-refractivity contribution is 0.102. The highest BCUT2D eigenvalue weighted by molar-refractivity contribution is 6.13. The molecular formula is C22H18N2O2. The van der Waals surface area contributed by atoms with E-state index >= 15 is 0 Å². The highest BCUT2D eigenvalue weighted by Gasteiger charge is 2.16. The third kappa shape index (κ3) is 2.97. The number of hydrogen-bond donors (Lipinski definition) is 1. The van der Waals surface area contributed by atoms with Crippen LogP contribution in [0.3, 0.4) is 0 Å². The number of carbonyl (C=O) groups excluding carboxylic acids is 1. The Morgan fingerprint density at radius 2 is 1.85 bits per heavy atom. The zero-order valence-corrected chi connectivity index (χ0v) is 14.4. The van der Waals surface area contributed by atoms with Gasteiger partial charge in [-0.15, -0.1) is 0 Å². The molecule has 128 valence electrons. The van der Waals surface area contributed by atoms with Gasteiger partial charge < -0.3 is 9.73 Å². The topological polar surface area (TPSA) is 55.1 Å². The Morgan fingerprint density at radius 1 is 1.04 bits per heavy atom. The Kier molecular flexibility index (Phi) is 4.23. The number of anilines is 1. The maximum atomic E-state index is 13.0. The van der Waals surface area contributed by atoms with E-state index in [0.29, 0.717) is 17.0 Å². The number of amides is 1. The summed E-state index contributed by atoms with van der Waals surface area (Å²) in [5, 5.41) is 3.86. The third-order valence-corrected chi connectivity index (χ3v) is 4.38. The molecule has 0 unspecified atom stereocenters. The molecule has 0 bridgehead atoms. The van der Waals surface area contributed by atoms with Crippen LogP contribution in [0.2, 0.25) is 0 Å². The fourth-order valence-electron chi connectivity index (χ4n) is 3.05. The molecule has 26 heavy (non-hydrogen) atoms. The van der Waals surface area contributed by atoms with Gasteiger partial charge in [0, 0.05) is 11.1 Å². The quantitative estimate of drug-likeness (QED) is 0.547. The van der Waals surface area contributed by atoms with Gasteiger partial charge >= 0.3 is 0 Å². The van der Waals surface area contributed by atoms with Crippen molar-refractivity contribution in [1.29, 1.82) is 0 Å². The number of fused-ring (bicyclic) bond motifs is 1. The zero-order valence-electron chi connectivity index (χ0n) is 14.4. The van der Waals surface area contributed by atoms with Crippen LogP contribution in [0, 0.1) is 0 Å². The van der Waals surface area contributed by atoms with Crippen molar-refractivity contribution in [2.24, 2.45) is 0 Å². The minimum atomic E-state index is -0.155. The van der Waals surface area contributed by atoms with Gasteiger partial charge in [0.15, 0.2) is 5.76 Å². The molecule has 0 radical (unpaired) electrons. The van der Waals surface area contributed by atoms with Crippen LogP contribution in [0.15, 0.2) is 77.4 Å². The molecule has 4 heteroatoms. The summed E-state index contributed by atoms with van der Waals surface area (Å²) in [4.78, 5) is 17.7. The average Bonchev–Trinajstić information content (AvgIpc) is 3.22. The Morgan fingerprint density at radius 3 is 2.65 bits per heavy atom. The third-order valence-electron chi connectivity index (χ3n) is 4.38. The molecule has 0 aliphatic heterocycles. The van der Waals surface area contributed by atoms with Crippen molar-refractivity contribution in [3.63, 3.8) is 0 Å². The monoisotopic (exact) mass is 342 g/mol. The maximum absolute atomic E-state index is 13.0. The second kappa shape index (κ2) is 6.84. The predicted molar refractivity (Wildman–Crippen MR) is 103 cm³/mol. The Bertz CT molecular complexity index is 1070. The summed E-state index contributed by atoms with van der Waals surface area (Å²) in [5.41, 5.74) is 3.91. The van der Waals surface area contributed by atoms with Crippen molar-refractivity contribution in [3.05, 3.63) is 84.1 Å². The predicted octanol–water partition coefficient (Wildman–Crippen LogP) is 5.31. The van der Waals surface area contributed by atoms with Crippen molar-refractivity contribution in [1.82, 2.24) is 4.98 Å². The largest absolute Gasteiger partial charge is 0.463 e. The van der Waals surface area contributed by atoms with E-state index in [1.54, 1.807) is 12.3 Å². The van der Waals surface area contributed by atoms with Crippen LogP contribution in [0.25, 0.3) is 22.4 Å². The number of aromatic nitrogens is 1. The number of nitrogens with one attached hydrogen (secondary N) is 1. The fourth-order valence-corrected chi connectivity index (χ4v) is 3.05. The molecule has 0 aliphatic rings. The van der Waals surface area contributed by atoms with Crippen molar-refractivity contribution in [2.45, 2.75) is 13.3 Å². The SMILES string of the molecule is CCc1ccccc1NC(=O)c1cc(-c2ccco2)nc2ccccc12. The van der Waals surface area contributed by atoms with Gasteiger partial charge in [0.05, 0.1) is 17.3 Å². The van der Waals surface area contributed by atoms with Crippen LogP contribution in [-0.4, -0.2) is 10.9 Å². The molecule has 0 fully saturated rings. The van der Waals surface area contributed by atoms with Gasteiger partial charge in [-0.05, 0) is 42.3 Å². The number of para-hydroxylation sites is 2. The summed E-state index contributed by atoms with van der Waals surface area (Å²) >= 11 is 0. The first-order valence-corrected chi connectivity index (χ1v) is 8.59. The smallest absolute Gasteiger partial charge is 0.256 e. The van der Waals surface area contributed by atoms with Crippen molar-refractivity contribution >= 4 is 22.5 Å². The molecule has 1 amide bonds. The standard InChI is InChI=1S/C22H18N2O2/c1-2-15-8-3-5-10-18(15)24-22(25)17-14-20(21-12-7-13-26-21)23-19-11-6-4-9-16(17)19/h3-14H,2H2,1H3,(H,24,25). The number of aryl methyl sites for hydroxylation is 1. The molecule has 2 aromatic carbocycles. The van der Waals surface area contributed by atoms with Gasteiger partial charge in [0.2, 0.25) is 0 Å². The van der Waals surface area contributed by atoms with E-state index in [0.717, 1.165) is 28.6 Å². The first kappa shape index (κ1) is 16.1. The van der Waals surface area contributed by atoms with Crippen LogP contribution in [0.5, 0.6) is 0 Å². The summed E-state index contributed by atoms with van der Waals surface area (Å²) in [6.07, 6.45) is 2.45. The van der Waals surface area contributed by atoms with Crippen LogP contribution < -0.4 is 5.32 Å². The van der Waals surface area contributed by atoms with Gasteiger partial charge in [0.1, 0.15) is 5.69 Å². The number of benzene rings is 2. The first-order valence-electron chi connectivity index (χ1n) is 8.59. The van der Waals surface area contributed by atoms with E-state index in [9.17, 15) is 4.79 Å². The van der Waals surface area contributed by atoms with Gasteiger partial charge in [-0.1, -0.05) is 43.3 Å². The van der Waals surface area contributed by atoms with Gasteiger partial charge in [-0.3, -0.25) is 4.79 Å². The van der Waals surface area contributed by atoms with Crippen molar-refractivity contribution < 1.29 is 9.21 Å². The van der Waals surface area contributed by atoms with E-state index in [-0.39, 0.29) is 5.91 Å². The summed E-state index contributed by atoms with van der Waals surface area (Å²) in [5.74, 6) is 0.482. The molecule has 0 aliphatic carbocycles. The number of rotatable bonds is 4. The van der Waals surface area contributed by atoms with Crippen molar-refractivity contribution in [3.8, 4) is 11.5 Å². The van der Waals surface area contributed by atoms with Crippen LogP contribution in [-0.2, 0) is 6.42 Å². The summed E-state index contributed by atoms with van der Waals surface area (Å²) < 4.78 is 5.46. The molecule has 4 rings (SSSR count). The lowest BCUT2D eigenvalue weighted by Gasteiger charge is -2.12. The number of pyridine rings is 1. The molecule has 0 atom stereocenters. The van der Waals surface area contributed by atoms with E-state index in [4.69, 9.17) is 4.42 Å². The number of furan rings is 1. The average molecular weight is 342 g/mol. The fraction of sp³-hybridized carbons (Fsp3) is 0.0909. The second-order valence-corrected chi connectivity index (χ2v) is 6.01. The Balaban J connectivity index is 1.80. The van der Waals surface area contributed by atoms with Gasteiger partial charge in [-0.25, -0.2) is 4.98 Å². The van der Waals surface area contributed by atoms with Crippen LogP contribution >= 0.6 is 0 Å². The minimum absolute atomic E-state index is 0.155. The molecule has 2 aromatic heterocycles. The molecule has 0 saturated heterocycles. The van der Waals surface area contributed by atoms with E-state index in [1.807, 2.05) is 60.7 Å². The van der Waals surface area contributed by atoms with E-state index in [2.05, 4.69) is 17.2 Å². The van der Waals surface area contributed by atoms with Gasteiger partial charge in [-0.2, -0.15) is 0 Å². The maximum Gasteiger partial charge on any atom is 0.256 e. The summed E-state index contributed by atoms with van der Waals surface area (Å²) in [6, 6.07) is 20.9. The lowest BCUT2D eigenvalue weighted by atomic mass is 10.1. The Hall–Kier alpha value is -3.40.